The monoisotopic (exact) mass is 304 g/mol. The summed E-state index contributed by atoms with van der Waals surface area (Å²) in [5, 5.41) is 14.1. The fraction of sp³-hybridized carbons (Fsp3) is 0.400. The Balaban J connectivity index is 1.80. The molecule has 0 radical (unpaired) electrons. The molecule has 21 heavy (non-hydrogen) atoms. The summed E-state index contributed by atoms with van der Waals surface area (Å²) in [4.78, 5) is 26.7. The van der Waals surface area contributed by atoms with Gasteiger partial charge in [-0.1, -0.05) is 18.2 Å². The van der Waals surface area contributed by atoms with E-state index in [2.05, 4.69) is 22.5 Å². The first-order valence-corrected chi connectivity index (χ1v) is 7.78. The molecule has 5 nitrogen and oxygen atoms in total. The zero-order valence-corrected chi connectivity index (χ0v) is 12.4. The van der Waals surface area contributed by atoms with Crippen LogP contribution in [-0.4, -0.2) is 22.0 Å². The van der Waals surface area contributed by atoms with Gasteiger partial charge >= 0.3 is 5.97 Å². The van der Waals surface area contributed by atoms with Crippen LogP contribution in [0, 0.1) is 17.8 Å². The third kappa shape index (κ3) is 2.90. The summed E-state index contributed by atoms with van der Waals surface area (Å²) in [5.74, 6) is 0.315. The summed E-state index contributed by atoms with van der Waals surface area (Å²) < 4.78 is 0. The lowest BCUT2D eigenvalue weighted by molar-refractivity contribution is -0.130. The van der Waals surface area contributed by atoms with Crippen molar-refractivity contribution in [1.82, 2.24) is 4.98 Å². The number of carbonyl (C=O) groups excluding carboxylic acids is 1. The van der Waals surface area contributed by atoms with Crippen molar-refractivity contribution in [1.29, 1.82) is 0 Å². The summed E-state index contributed by atoms with van der Waals surface area (Å²) in [6.45, 7) is 1.40. The van der Waals surface area contributed by atoms with Gasteiger partial charge < -0.3 is 10.4 Å². The molecule has 110 valence electrons. The number of aromatic nitrogens is 1. The van der Waals surface area contributed by atoms with E-state index in [-0.39, 0.29) is 11.5 Å². The molecule has 2 aliphatic rings. The summed E-state index contributed by atoms with van der Waals surface area (Å²) in [6, 6.07) is 0. The Hall–Kier alpha value is -1.95. The maximum atomic E-state index is 11.5. The number of allylic oxidation sites excluding steroid dienone is 3. The van der Waals surface area contributed by atoms with Crippen LogP contribution in [0.15, 0.2) is 23.6 Å². The number of hydrogen-bond donors (Lipinski definition) is 2. The number of nitrogens with zero attached hydrogens (tertiary/aromatic N) is 1. The SMILES string of the molecule is CC(=O)Nc1nc(/C(=C/C2C3CC=CCC23)C(=O)O)cs1. The van der Waals surface area contributed by atoms with Gasteiger partial charge in [-0.3, -0.25) is 4.79 Å². The number of carboxylic acids is 1. The Bertz CT molecular complexity index is 633. The lowest BCUT2D eigenvalue weighted by atomic mass is 10.1. The van der Waals surface area contributed by atoms with Gasteiger partial charge in [-0.15, -0.1) is 11.3 Å². The first-order chi connectivity index (χ1) is 10.1. The third-order valence-electron chi connectivity index (χ3n) is 4.03. The molecule has 0 spiro atoms. The van der Waals surface area contributed by atoms with Crippen molar-refractivity contribution in [2.75, 3.05) is 5.32 Å². The van der Waals surface area contributed by atoms with Crippen LogP contribution in [0.25, 0.3) is 5.57 Å². The fourth-order valence-electron chi connectivity index (χ4n) is 2.96. The van der Waals surface area contributed by atoms with Crippen molar-refractivity contribution in [2.24, 2.45) is 17.8 Å². The zero-order valence-electron chi connectivity index (χ0n) is 11.6. The quantitative estimate of drug-likeness (QED) is 0.662. The van der Waals surface area contributed by atoms with E-state index in [0.29, 0.717) is 28.6 Å². The Morgan fingerprint density at radius 1 is 1.38 bits per heavy atom. The highest BCUT2D eigenvalue weighted by Gasteiger charge is 2.48. The molecule has 1 heterocycles. The molecule has 1 aromatic rings. The van der Waals surface area contributed by atoms with E-state index in [1.54, 1.807) is 5.38 Å². The maximum Gasteiger partial charge on any atom is 0.337 e. The molecule has 2 aliphatic carbocycles. The predicted octanol–water partition coefficient (Wildman–Crippen LogP) is 2.78. The van der Waals surface area contributed by atoms with E-state index in [9.17, 15) is 14.7 Å². The number of aliphatic carboxylic acids is 1. The highest BCUT2D eigenvalue weighted by atomic mass is 32.1. The minimum atomic E-state index is -0.966. The average molecular weight is 304 g/mol. The summed E-state index contributed by atoms with van der Waals surface area (Å²) in [6.07, 6.45) is 8.26. The minimum absolute atomic E-state index is 0.212. The highest BCUT2D eigenvalue weighted by Crippen LogP contribution is 2.54. The topological polar surface area (TPSA) is 79.3 Å². The van der Waals surface area contributed by atoms with E-state index >= 15 is 0 Å². The number of thiazole rings is 1. The van der Waals surface area contributed by atoms with Crippen molar-refractivity contribution in [2.45, 2.75) is 19.8 Å². The van der Waals surface area contributed by atoms with Crippen molar-refractivity contribution < 1.29 is 14.7 Å². The molecule has 2 N–H and O–H groups in total. The first kappa shape index (κ1) is 14.0. The number of fused-ring (bicyclic) bond motifs is 1. The summed E-state index contributed by atoms with van der Waals surface area (Å²) >= 11 is 1.24. The van der Waals surface area contributed by atoms with Crippen molar-refractivity contribution in [3.05, 3.63) is 29.3 Å². The number of amides is 1. The number of hydrogen-bond acceptors (Lipinski definition) is 4. The second-order valence-electron chi connectivity index (χ2n) is 5.45. The van der Waals surface area contributed by atoms with Gasteiger partial charge in [0.1, 0.15) is 0 Å². The van der Waals surface area contributed by atoms with Gasteiger partial charge in [0.2, 0.25) is 5.91 Å². The predicted molar refractivity (Wildman–Crippen MR) is 80.9 cm³/mol. The van der Waals surface area contributed by atoms with Gasteiger partial charge in [0.25, 0.3) is 0 Å². The molecule has 3 rings (SSSR count). The molecule has 2 unspecified atom stereocenters. The van der Waals surface area contributed by atoms with Gasteiger partial charge in [0.15, 0.2) is 5.13 Å². The van der Waals surface area contributed by atoms with E-state index in [1.807, 2.05) is 6.08 Å². The molecular weight excluding hydrogens is 288 g/mol. The van der Waals surface area contributed by atoms with Gasteiger partial charge in [-0.05, 0) is 30.6 Å². The third-order valence-corrected chi connectivity index (χ3v) is 4.79. The van der Waals surface area contributed by atoms with E-state index in [1.165, 1.54) is 18.3 Å². The number of rotatable bonds is 4. The molecular formula is C15H16N2O3S. The van der Waals surface area contributed by atoms with Crippen LogP contribution in [0.1, 0.15) is 25.5 Å². The van der Waals surface area contributed by atoms with Crippen LogP contribution in [0.2, 0.25) is 0 Å². The molecule has 1 amide bonds. The van der Waals surface area contributed by atoms with E-state index in [4.69, 9.17) is 0 Å². The second kappa shape index (κ2) is 5.44. The molecule has 0 bridgehead atoms. The Morgan fingerprint density at radius 2 is 2.05 bits per heavy atom. The molecule has 1 fully saturated rings. The van der Waals surface area contributed by atoms with Crippen molar-refractivity contribution in [3.63, 3.8) is 0 Å². The smallest absolute Gasteiger partial charge is 0.337 e. The van der Waals surface area contributed by atoms with E-state index < -0.39 is 5.97 Å². The Kier molecular flexibility index (Phi) is 3.63. The number of carbonyl (C=O) groups is 2. The van der Waals surface area contributed by atoms with Gasteiger partial charge in [0, 0.05) is 12.3 Å². The first-order valence-electron chi connectivity index (χ1n) is 6.90. The van der Waals surface area contributed by atoms with Crippen molar-refractivity contribution in [3.8, 4) is 0 Å². The maximum absolute atomic E-state index is 11.5. The van der Waals surface area contributed by atoms with Gasteiger partial charge in [0.05, 0.1) is 11.3 Å². The standard InChI is InChI=1S/C15H16N2O3S/c1-8(18)16-15-17-13(7-21-15)12(14(19)20)6-11-9-4-2-3-5-10(9)11/h2-3,6-7,9-11H,4-5H2,1H3,(H,19,20)(H,16,17,18)/b12-6-. The summed E-state index contributed by atoms with van der Waals surface area (Å²) in [5.41, 5.74) is 0.662. The molecule has 0 aliphatic heterocycles. The second-order valence-corrected chi connectivity index (χ2v) is 6.31. The molecule has 1 aromatic heterocycles. The van der Waals surface area contributed by atoms with Gasteiger partial charge in [-0.2, -0.15) is 0 Å². The lowest BCUT2D eigenvalue weighted by Gasteiger charge is -1.98. The minimum Gasteiger partial charge on any atom is -0.478 e. The van der Waals surface area contributed by atoms with Crippen LogP contribution in [0.4, 0.5) is 5.13 Å². The highest BCUT2D eigenvalue weighted by molar-refractivity contribution is 7.14. The number of nitrogens with one attached hydrogen (secondary N) is 1. The van der Waals surface area contributed by atoms with Crippen LogP contribution in [-0.2, 0) is 9.59 Å². The van der Waals surface area contributed by atoms with Crippen LogP contribution < -0.4 is 5.32 Å². The van der Waals surface area contributed by atoms with Crippen LogP contribution in [0.5, 0.6) is 0 Å². The molecule has 2 atom stereocenters. The Morgan fingerprint density at radius 3 is 2.62 bits per heavy atom. The molecule has 0 saturated heterocycles. The van der Waals surface area contributed by atoms with E-state index in [0.717, 1.165) is 12.8 Å². The molecule has 6 heteroatoms. The zero-order chi connectivity index (χ0) is 15.0. The molecule has 0 aromatic carbocycles. The van der Waals surface area contributed by atoms with Gasteiger partial charge in [-0.25, -0.2) is 9.78 Å². The largest absolute Gasteiger partial charge is 0.478 e. The summed E-state index contributed by atoms with van der Waals surface area (Å²) in [7, 11) is 0. The van der Waals surface area contributed by atoms with Crippen LogP contribution >= 0.6 is 11.3 Å². The fourth-order valence-corrected chi connectivity index (χ4v) is 3.71. The Labute approximate surface area is 126 Å². The number of anilines is 1. The van der Waals surface area contributed by atoms with Crippen LogP contribution in [0.3, 0.4) is 0 Å². The molecule has 1 saturated carbocycles. The normalized spacial score (nSPS) is 27.1. The van der Waals surface area contributed by atoms with Crippen molar-refractivity contribution >= 4 is 33.9 Å². The lowest BCUT2D eigenvalue weighted by Crippen LogP contribution is -2.06. The average Bonchev–Trinajstić information content (AvgIpc) is 2.94. The number of carboxylic acid groups (broad SMARTS) is 1.